The summed E-state index contributed by atoms with van der Waals surface area (Å²) in [6.07, 6.45) is 3.37. The van der Waals surface area contributed by atoms with Crippen LogP contribution in [0.25, 0.3) is 0 Å². The van der Waals surface area contributed by atoms with Crippen LogP contribution in [0.15, 0.2) is 0 Å². The van der Waals surface area contributed by atoms with E-state index in [0.29, 0.717) is 45.3 Å². The molecule has 0 aromatic heterocycles. The summed E-state index contributed by atoms with van der Waals surface area (Å²) in [6.45, 7) is 5.42. The first-order valence-electron chi connectivity index (χ1n) is 7.90. The lowest BCUT2D eigenvalue weighted by Crippen LogP contribution is -2.47. The van der Waals surface area contributed by atoms with E-state index in [4.69, 9.17) is 5.73 Å². The van der Waals surface area contributed by atoms with E-state index in [0.717, 1.165) is 6.42 Å². The Balaban J connectivity index is 2.38. The van der Waals surface area contributed by atoms with E-state index in [1.165, 1.54) is 0 Å². The van der Waals surface area contributed by atoms with Gasteiger partial charge in [-0.2, -0.15) is 0 Å². The zero-order valence-electron chi connectivity index (χ0n) is 13.2. The van der Waals surface area contributed by atoms with Gasteiger partial charge in [0, 0.05) is 25.6 Å². The summed E-state index contributed by atoms with van der Waals surface area (Å²) in [4.78, 5) is 11.9. The number of nitrogens with two attached hydrogens (primary N) is 1. The summed E-state index contributed by atoms with van der Waals surface area (Å²) in [5.74, 6) is 0.468. The molecule has 1 heterocycles. The summed E-state index contributed by atoms with van der Waals surface area (Å²) in [6, 6.07) is 0.0841. The van der Waals surface area contributed by atoms with Gasteiger partial charge in [0.05, 0.1) is 5.75 Å². The van der Waals surface area contributed by atoms with Crippen LogP contribution in [0.3, 0.4) is 0 Å². The van der Waals surface area contributed by atoms with Crippen molar-refractivity contribution < 1.29 is 13.2 Å². The zero-order valence-corrected chi connectivity index (χ0v) is 14.0. The van der Waals surface area contributed by atoms with Gasteiger partial charge in [0.15, 0.2) is 0 Å². The Morgan fingerprint density at radius 1 is 1.33 bits per heavy atom. The predicted octanol–water partition coefficient (Wildman–Crippen LogP) is 0.682. The first kappa shape index (κ1) is 18.4. The number of sulfonamides is 1. The highest BCUT2D eigenvalue weighted by Gasteiger charge is 2.28. The van der Waals surface area contributed by atoms with Gasteiger partial charge >= 0.3 is 0 Å². The van der Waals surface area contributed by atoms with Crippen LogP contribution in [-0.2, 0) is 14.8 Å². The molecule has 0 aliphatic carbocycles. The van der Waals surface area contributed by atoms with E-state index >= 15 is 0 Å². The Bertz CT molecular complexity index is 413. The Hall–Kier alpha value is -0.660. The molecule has 6 nitrogen and oxygen atoms in total. The number of rotatable bonds is 8. The molecule has 0 radical (unpaired) electrons. The van der Waals surface area contributed by atoms with Gasteiger partial charge in [-0.3, -0.25) is 4.79 Å². The summed E-state index contributed by atoms with van der Waals surface area (Å²) in [5.41, 5.74) is 5.61. The predicted molar refractivity (Wildman–Crippen MR) is 84.3 cm³/mol. The highest BCUT2D eigenvalue weighted by Crippen LogP contribution is 2.16. The van der Waals surface area contributed by atoms with E-state index in [1.54, 1.807) is 4.31 Å². The van der Waals surface area contributed by atoms with Crippen molar-refractivity contribution in [2.45, 2.75) is 52.0 Å². The molecule has 0 bridgehead atoms. The highest BCUT2D eigenvalue weighted by molar-refractivity contribution is 7.89. The third kappa shape index (κ3) is 5.92. The van der Waals surface area contributed by atoms with Gasteiger partial charge in [0.1, 0.15) is 0 Å². The van der Waals surface area contributed by atoms with E-state index in [1.807, 2.05) is 13.8 Å². The van der Waals surface area contributed by atoms with Crippen molar-refractivity contribution in [1.82, 2.24) is 9.62 Å². The number of amides is 1. The van der Waals surface area contributed by atoms with Crippen molar-refractivity contribution in [3.63, 3.8) is 0 Å². The Kier molecular flexibility index (Phi) is 7.62. The smallest absolute Gasteiger partial charge is 0.220 e. The fourth-order valence-corrected chi connectivity index (χ4v) is 4.15. The van der Waals surface area contributed by atoms with Crippen LogP contribution in [0.5, 0.6) is 0 Å². The summed E-state index contributed by atoms with van der Waals surface area (Å²) < 4.78 is 25.5. The van der Waals surface area contributed by atoms with Crippen molar-refractivity contribution >= 4 is 15.9 Å². The highest BCUT2D eigenvalue weighted by atomic mass is 32.2. The third-order valence-electron chi connectivity index (χ3n) is 4.06. The van der Waals surface area contributed by atoms with Crippen molar-refractivity contribution in [3.8, 4) is 0 Å². The van der Waals surface area contributed by atoms with Crippen molar-refractivity contribution in [2.24, 2.45) is 11.7 Å². The molecule has 1 unspecified atom stereocenters. The minimum atomic E-state index is -3.11. The van der Waals surface area contributed by atoms with Crippen molar-refractivity contribution in [3.05, 3.63) is 0 Å². The van der Waals surface area contributed by atoms with Gasteiger partial charge in [-0.1, -0.05) is 20.3 Å². The maximum absolute atomic E-state index is 12.0. The fraction of sp³-hybridized carbons (Fsp3) is 0.929. The van der Waals surface area contributed by atoms with Crippen LogP contribution in [0.4, 0.5) is 0 Å². The minimum absolute atomic E-state index is 0.0298. The van der Waals surface area contributed by atoms with Crippen molar-refractivity contribution in [1.29, 1.82) is 0 Å². The van der Waals surface area contributed by atoms with Crippen LogP contribution < -0.4 is 11.1 Å². The molecule has 1 fully saturated rings. The zero-order chi connectivity index (χ0) is 15.9. The van der Waals surface area contributed by atoms with E-state index in [2.05, 4.69) is 5.32 Å². The topological polar surface area (TPSA) is 92.5 Å². The van der Waals surface area contributed by atoms with Gasteiger partial charge in [-0.15, -0.1) is 0 Å². The monoisotopic (exact) mass is 319 g/mol. The van der Waals surface area contributed by atoms with E-state index < -0.39 is 10.0 Å². The second-order valence-electron chi connectivity index (χ2n) is 5.77. The molecular formula is C14H29N3O3S. The quantitative estimate of drug-likeness (QED) is 0.688. The number of nitrogens with zero attached hydrogens (tertiary/aromatic N) is 1. The average molecular weight is 319 g/mol. The van der Waals surface area contributed by atoms with Crippen LogP contribution in [0.2, 0.25) is 0 Å². The average Bonchev–Trinajstić information content (AvgIpc) is 2.45. The number of nitrogens with one attached hydrogen (secondary N) is 1. The summed E-state index contributed by atoms with van der Waals surface area (Å²) >= 11 is 0. The molecule has 1 rings (SSSR count). The molecule has 0 aromatic rings. The first-order valence-corrected chi connectivity index (χ1v) is 9.51. The van der Waals surface area contributed by atoms with Gasteiger partial charge in [-0.05, 0) is 31.7 Å². The van der Waals surface area contributed by atoms with Crippen LogP contribution >= 0.6 is 0 Å². The molecule has 0 aromatic carbocycles. The standard InChI is InChI=1S/C14H29N3O3S/c1-3-9-21(19,20)17-7-5-13(6-8-17)16-14(18)10-12(4-2)11-15/h12-13H,3-11,15H2,1-2H3,(H,16,18). The molecule has 0 spiro atoms. The van der Waals surface area contributed by atoms with E-state index in [9.17, 15) is 13.2 Å². The molecule has 7 heteroatoms. The van der Waals surface area contributed by atoms with Crippen molar-refractivity contribution in [2.75, 3.05) is 25.4 Å². The van der Waals surface area contributed by atoms with Crippen LogP contribution in [0.1, 0.15) is 46.0 Å². The molecule has 1 aliphatic heterocycles. The number of hydrogen-bond donors (Lipinski definition) is 2. The van der Waals surface area contributed by atoms with E-state index in [-0.39, 0.29) is 23.6 Å². The van der Waals surface area contributed by atoms with Crippen LogP contribution in [-0.4, -0.2) is 50.1 Å². The summed E-state index contributed by atoms with van der Waals surface area (Å²) in [5, 5.41) is 3.01. The Morgan fingerprint density at radius 2 is 1.95 bits per heavy atom. The molecule has 1 amide bonds. The Labute approximate surface area is 128 Å². The molecular weight excluding hydrogens is 290 g/mol. The lowest BCUT2D eigenvalue weighted by Gasteiger charge is -2.31. The second-order valence-corrected chi connectivity index (χ2v) is 7.86. The maximum Gasteiger partial charge on any atom is 0.220 e. The Morgan fingerprint density at radius 3 is 2.43 bits per heavy atom. The molecule has 124 valence electrons. The molecule has 1 atom stereocenters. The fourth-order valence-electron chi connectivity index (χ4n) is 2.61. The lowest BCUT2D eigenvalue weighted by molar-refractivity contribution is -0.122. The largest absolute Gasteiger partial charge is 0.353 e. The minimum Gasteiger partial charge on any atom is -0.353 e. The first-order chi connectivity index (χ1) is 9.92. The van der Waals surface area contributed by atoms with Gasteiger partial charge in [0.2, 0.25) is 15.9 Å². The van der Waals surface area contributed by atoms with Gasteiger partial charge < -0.3 is 11.1 Å². The number of carbonyl (C=O) groups is 1. The molecule has 1 saturated heterocycles. The lowest BCUT2D eigenvalue weighted by atomic mass is 10.0. The maximum atomic E-state index is 12.0. The molecule has 0 saturated carbocycles. The third-order valence-corrected chi connectivity index (χ3v) is 6.14. The van der Waals surface area contributed by atoms with Gasteiger partial charge in [0.25, 0.3) is 0 Å². The second kappa shape index (κ2) is 8.70. The summed E-state index contributed by atoms with van der Waals surface area (Å²) in [7, 11) is -3.11. The molecule has 1 aliphatic rings. The number of hydrogen-bond acceptors (Lipinski definition) is 4. The SMILES string of the molecule is CCCS(=O)(=O)N1CCC(NC(=O)CC(CC)CN)CC1. The normalized spacial score (nSPS) is 19.4. The number of carbonyl (C=O) groups excluding carboxylic acids is 1. The van der Waals surface area contributed by atoms with Crippen LogP contribution in [0, 0.1) is 5.92 Å². The molecule has 21 heavy (non-hydrogen) atoms. The van der Waals surface area contributed by atoms with Gasteiger partial charge in [-0.25, -0.2) is 12.7 Å². The molecule has 3 N–H and O–H groups in total. The number of piperidine rings is 1.